The van der Waals surface area contributed by atoms with Crippen LogP contribution in [0.5, 0.6) is 0 Å². The van der Waals surface area contributed by atoms with Crippen molar-refractivity contribution in [1.29, 1.82) is 5.26 Å². The molecule has 0 amide bonds. The van der Waals surface area contributed by atoms with Crippen molar-refractivity contribution in [2.75, 3.05) is 5.43 Å². The molecule has 0 fully saturated rings. The van der Waals surface area contributed by atoms with Gasteiger partial charge in [-0.3, -0.25) is 9.78 Å². The fraction of sp³-hybridized carbons (Fsp3) is 0. The molecule has 7 nitrogen and oxygen atoms in total. The predicted octanol–water partition coefficient (Wildman–Crippen LogP) is 4.97. The van der Waals surface area contributed by atoms with Gasteiger partial charge in [-0.25, -0.2) is 15.4 Å². The summed E-state index contributed by atoms with van der Waals surface area (Å²) in [6, 6.07) is 30.9. The first-order valence-corrected chi connectivity index (χ1v) is 10.6. The third-order valence-corrected chi connectivity index (χ3v) is 5.25. The average molecular weight is 442 g/mol. The molecule has 0 radical (unpaired) electrons. The number of H-pyrrole nitrogens is 1. The SMILES string of the molecule is N#Cc1c(-c2ccccc2)nc(NN=Cc2ccc3ccc(-c4ccccc4)nc3c2)[nH]c1=O. The van der Waals surface area contributed by atoms with Gasteiger partial charge in [0.1, 0.15) is 11.6 Å². The van der Waals surface area contributed by atoms with Gasteiger partial charge in [-0.2, -0.15) is 10.4 Å². The summed E-state index contributed by atoms with van der Waals surface area (Å²) in [5, 5.41) is 14.6. The predicted molar refractivity (Wildman–Crippen MR) is 133 cm³/mol. The summed E-state index contributed by atoms with van der Waals surface area (Å²) in [4.78, 5) is 24.1. The number of rotatable bonds is 5. The maximum atomic E-state index is 12.4. The lowest BCUT2D eigenvalue weighted by molar-refractivity contribution is 1.08. The van der Waals surface area contributed by atoms with Crippen molar-refractivity contribution in [3.63, 3.8) is 0 Å². The molecule has 0 atom stereocenters. The second kappa shape index (κ2) is 9.18. The van der Waals surface area contributed by atoms with Gasteiger partial charge >= 0.3 is 0 Å². The minimum atomic E-state index is -0.530. The van der Waals surface area contributed by atoms with Crippen molar-refractivity contribution in [1.82, 2.24) is 15.0 Å². The summed E-state index contributed by atoms with van der Waals surface area (Å²) in [7, 11) is 0. The van der Waals surface area contributed by atoms with E-state index in [1.165, 1.54) is 0 Å². The molecular formula is C27H18N6O. The number of hydrogen-bond acceptors (Lipinski definition) is 6. The van der Waals surface area contributed by atoms with Crippen LogP contribution in [-0.4, -0.2) is 21.2 Å². The highest BCUT2D eigenvalue weighted by atomic mass is 16.1. The molecule has 0 bridgehead atoms. The monoisotopic (exact) mass is 442 g/mol. The quantitative estimate of drug-likeness (QED) is 0.295. The summed E-state index contributed by atoms with van der Waals surface area (Å²) in [5.41, 5.74) is 6.78. The number of nitriles is 1. The van der Waals surface area contributed by atoms with Crippen LogP contribution in [0, 0.1) is 11.3 Å². The van der Waals surface area contributed by atoms with E-state index in [-0.39, 0.29) is 11.5 Å². The minimum Gasteiger partial charge on any atom is -0.290 e. The number of pyridine rings is 1. The van der Waals surface area contributed by atoms with Crippen molar-refractivity contribution >= 4 is 23.1 Å². The highest BCUT2D eigenvalue weighted by Gasteiger charge is 2.12. The summed E-state index contributed by atoms with van der Waals surface area (Å²) in [5.74, 6) is 0.143. The Morgan fingerprint density at radius 3 is 2.32 bits per heavy atom. The maximum absolute atomic E-state index is 12.4. The number of hydrogen-bond donors (Lipinski definition) is 2. The molecule has 3 aromatic carbocycles. The smallest absolute Gasteiger partial charge is 0.270 e. The lowest BCUT2D eigenvalue weighted by Gasteiger charge is -2.06. The first-order chi connectivity index (χ1) is 16.7. The zero-order valence-corrected chi connectivity index (χ0v) is 17.9. The van der Waals surface area contributed by atoms with Gasteiger partial charge in [0.2, 0.25) is 5.95 Å². The molecule has 5 rings (SSSR count). The molecule has 0 unspecified atom stereocenters. The van der Waals surface area contributed by atoms with Gasteiger partial charge in [0.25, 0.3) is 5.56 Å². The van der Waals surface area contributed by atoms with Crippen molar-refractivity contribution < 1.29 is 0 Å². The van der Waals surface area contributed by atoms with Gasteiger partial charge in [0.05, 0.1) is 23.1 Å². The molecular weight excluding hydrogens is 424 g/mol. The Morgan fingerprint density at radius 1 is 0.882 bits per heavy atom. The van der Waals surface area contributed by atoms with Gasteiger partial charge in [-0.15, -0.1) is 0 Å². The normalized spacial score (nSPS) is 10.9. The molecule has 0 spiro atoms. The summed E-state index contributed by atoms with van der Waals surface area (Å²) < 4.78 is 0. The summed E-state index contributed by atoms with van der Waals surface area (Å²) in [6.07, 6.45) is 1.62. The number of aromatic amines is 1. The molecule has 2 N–H and O–H groups in total. The van der Waals surface area contributed by atoms with E-state index in [1.807, 2.05) is 84.9 Å². The van der Waals surface area contributed by atoms with E-state index in [1.54, 1.807) is 18.3 Å². The fourth-order valence-corrected chi connectivity index (χ4v) is 3.59. The zero-order valence-electron chi connectivity index (χ0n) is 17.9. The number of nitrogens with one attached hydrogen (secondary N) is 2. The van der Waals surface area contributed by atoms with Crippen LogP contribution in [0.15, 0.2) is 101 Å². The lowest BCUT2D eigenvalue weighted by Crippen LogP contribution is -2.16. The van der Waals surface area contributed by atoms with Crippen molar-refractivity contribution in [2.24, 2.45) is 5.10 Å². The largest absolute Gasteiger partial charge is 0.290 e. The Hall–Kier alpha value is -5.09. The molecule has 0 aliphatic carbocycles. The Bertz CT molecular complexity index is 1600. The minimum absolute atomic E-state index is 0.0458. The summed E-state index contributed by atoms with van der Waals surface area (Å²) in [6.45, 7) is 0. The van der Waals surface area contributed by atoms with Crippen LogP contribution in [-0.2, 0) is 0 Å². The highest BCUT2D eigenvalue weighted by Crippen LogP contribution is 2.22. The van der Waals surface area contributed by atoms with Gasteiger partial charge < -0.3 is 0 Å². The third-order valence-electron chi connectivity index (χ3n) is 5.25. The van der Waals surface area contributed by atoms with Crippen LogP contribution < -0.4 is 11.0 Å². The first kappa shape index (κ1) is 20.8. The molecule has 0 aliphatic rings. The van der Waals surface area contributed by atoms with Crippen molar-refractivity contribution in [3.8, 4) is 28.6 Å². The van der Waals surface area contributed by atoms with E-state index in [0.29, 0.717) is 11.3 Å². The zero-order chi connectivity index (χ0) is 23.3. The number of hydrazone groups is 1. The standard InChI is InChI=1S/C27H18N6O/c28-16-22-25(21-9-5-2-6-10-21)31-27(32-26(22)34)33-29-17-18-11-12-20-13-14-23(30-24(20)15-18)19-7-3-1-4-8-19/h1-15,17H,(H2,31,32,33,34). The van der Waals surface area contributed by atoms with Crippen LogP contribution in [0.4, 0.5) is 5.95 Å². The first-order valence-electron chi connectivity index (χ1n) is 10.6. The average Bonchev–Trinajstić information content (AvgIpc) is 2.89. The van der Waals surface area contributed by atoms with Crippen LogP contribution in [0.2, 0.25) is 0 Å². The van der Waals surface area contributed by atoms with Gasteiger partial charge in [-0.05, 0) is 17.7 Å². The summed E-state index contributed by atoms with van der Waals surface area (Å²) >= 11 is 0. The molecule has 34 heavy (non-hydrogen) atoms. The number of anilines is 1. The van der Waals surface area contributed by atoms with Crippen molar-refractivity contribution in [3.05, 3.63) is 112 Å². The molecule has 2 heterocycles. The number of fused-ring (bicyclic) bond motifs is 1. The van der Waals surface area contributed by atoms with Crippen LogP contribution in [0.1, 0.15) is 11.1 Å². The third kappa shape index (κ3) is 4.29. The number of nitrogens with zero attached hydrogens (tertiary/aromatic N) is 4. The second-order valence-corrected chi connectivity index (χ2v) is 7.50. The maximum Gasteiger partial charge on any atom is 0.270 e. The Balaban J connectivity index is 1.41. The number of benzene rings is 3. The van der Waals surface area contributed by atoms with Crippen LogP contribution >= 0.6 is 0 Å². The van der Waals surface area contributed by atoms with Gasteiger partial charge in [0.15, 0.2) is 0 Å². The van der Waals surface area contributed by atoms with Crippen LogP contribution in [0.25, 0.3) is 33.4 Å². The molecule has 0 aliphatic heterocycles. The van der Waals surface area contributed by atoms with E-state index >= 15 is 0 Å². The molecule has 162 valence electrons. The second-order valence-electron chi connectivity index (χ2n) is 7.50. The van der Waals surface area contributed by atoms with E-state index in [9.17, 15) is 10.1 Å². The molecule has 2 aromatic heterocycles. The van der Waals surface area contributed by atoms with E-state index in [0.717, 1.165) is 27.7 Å². The van der Waals surface area contributed by atoms with Gasteiger partial charge in [0, 0.05) is 16.5 Å². The lowest BCUT2D eigenvalue weighted by atomic mass is 10.1. The van der Waals surface area contributed by atoms with Crippen LogP contribution in [0.3, 0.4) is 0 Å². The molecule has 0 saturated heterocycles. The Morgan fingerprint density at radius 2 is 1.59 bits per heavy atom. The topological polar surface area (TPSA) is 107 Å². The van der Waals surface area contributed by atoms with Gasteiger partial charge in [-0.1, -0.05) is 78.9 Å². The fourth-order valence-electron chi connectivity index (χ4n) is 3.59. The number of aromatic nitrogens is 3. The van der Waals surface area contributed by atoms with E-state index in [2.05, 4.69) is 20.5 Å². The van der Waals surface area contributed by atoms with Crippen molar-refractivity contribution in [2.45, 2.75) is 0 Å². The molecule has 7 heteroatoms. The Kier molecular flexibility index (Phi) is 5.62. The highest BCUT2D eigenvalue weighted by molar-refractivity contribution is 5.89. The van der Waals surface area contributed by atoms with E-state index < -0.39 is 5.56 Å². The Labute approximate surface area is 195 Å². The molecule has 5 aromatic rings. The van der Waals surface area contributed by atoms with E-state index in [4.69, 9.17) is 4.98 Å². The molecule has 0 saturated carbocycles.